The molecule has 7 heteroatoms. The Balaban J connectivity index is 1.96. The second-order valence-corrected chi connectivity index (χ2v) is 7.22. The molecule has 1 N–H and O–H groups in total. The van der Waals surface area contributed by atoms with Gasteiger partial charge in [-0.15, -0.1) is 0 Å². The van der Waals surface area contributed by atoms with Gasteiger partial charge in [-0.25, -0.2) is 0 Å². The summed E-state index contributed by atoms with van der Waals surface area (Å²) < 4.78 is 10.1. The van der Waals surface area contributed by atoms with Crippen LogP contribution >= 0.6 is 0 Å². The van der Waals surface area contributed by atoms with Crippen LogP contribution in [-0.2, 0) is 16.0 Å². The summed E-state index contributed by atoms with van der Waals surface area (Å²) >= 11 is 0. The van der Waals surface area contributed by atoms with E-state index < -0.39 is 0 Å². The van der Waals surface area contributed by atoms with Gasteiger partial charge < -0.3 is 19.5 Å². The zero-order valence-corrected chi connectivity index (χ0v) is 18.1. The smallest absolute Gasteiger partial charge is 0.254 e. The number of carbonyl (C=O) groups is 2. The molecule has 0 saturated carbocycles. The van der Waals surface area contributed by atoms with Crippen LogP contribution in [0.4, 0.5) is 5.82 Å². The average Bonchev–Trinajstić information content (AvgIpc) is 3.26. The number of hydrogen-bond donors (Lipinski definition) is 1. The van der Waals surface area contributed by atoms with Crippen LogP contribution in [0.25, 0.3) is 0 Å². The lowest BCUT2D eigenvalue weighted by Gasteiger charge is -2.22. The first-order chi connectivity index (χ1) is 14.6. The fourth-order valence-corrected chi connectivity index (χ4v) is 3.14. The maximum atomic E-state index is 13.0. The van der Waals surface area contributed by atoms with Crippen molar-refractivity contribution in [1.82, 2.24) is 10.1 Å². The number of ether oxygens (including phenoxy) is 1. The van der Waals surface area contributed by atoms with E-state index >= 15 is 0 Å². The highest BCUT2D eigenvalue weighted by atomic mass is 16.5. The van der Waals surface area contributed by atoms with Gasteiger partial charge in [0, 0.05) is 31.4 Å². The summed E-state index contributed by atoms with van der Waals surface area (Å²) in [6.45, 7) is 5.67. The van der Waals surface area contributed by atoms with Crippen molar-refractivity contribution >= 4 is 17.6 Å². The zero-order valence-electron chi connectivity index (χ0n) is 18.1. The van der Waals surface area contributed by atoms with Crippen molar-refractivity contribution in [3.05, 3.63) is 47.7 Å². The molecule has 0 radical (unpaired) electrons. The fraction of sp³-hybridized carbons (Fsp3) is 0.522. The summed E-state index contributed by atoms with van der Waals surface area (Å²) in [6.07, 6.45) is 7.92. The number of unbranched alkanes of at least 4 members (excludes halogenated alkanes) is 3. The molecular weight excluding hydrogens is 382 g/mol. The second kappa shape index (κ2) is 13.5. The SMILES string of the molecule is CCCCCCc1ccc(C(=O)N(CCCOCC)CC(=O)Nc2ccon2)cc1. The Morgan fingerprint density at radius 2 is 1.87 bits per heavy atom. The molecule has 0 bridgehead atoms. The van der Waals surface area contributed by atoms with Crippen molar-refractivity contribution < 1.29 is 18.8 Å². The van der Waals surface area contributed by atoms with Gasteiger partial charge in [0.2, 0.25) is 5.91 Å². The first-order valence-corrected chi connectivity index (χ1v) is 10.8. The lowest BCUT2D eigenvalue weighted by molar-refractivity contribution is -0.117. The molecule has 30 heavy (non-hydrogen) atoms. The highest BCUT2D eigenvalue weighted by Crippen LogP contribution is 2.12. The zero-order chi connectivity index (χ0) is 21.6. The number of benzene rings is 1. The molecule has 164 valence electrons. The number of carbonyl (C=O) groups excluding carboxylic acids is 2. The van der Waals surface area contributed by atoms with E-state index in [9.17, 15) is 9.59 Å². The molecular formula is C23H33N3O4. The van der Waals surface area contributed by atoms with Gasteiger partial charge in [0.25, 0.3) is 5.91 Å². The van der Waals surface area contributed by atoms with Crippen molar-refractivity contribution in [1.29, 1.82) is 0 Å². The minimum atomic E-state index is -0.318. The van der Waals surface area contributed by atoms with Crippen LogP contribution in [-0.4, -0.2) is 48.2 Å². The second-order valence-electron chi connectivity index (χ2n) is 7.22. The average molecular weight is 416 g/mol. The van der Waals surface area contributed by atoms with Crippen LogP contribution in [0.1, 0.15) is 61.9 Å². The molecule has 1 aromatic heterocycles. The summed E-state index contributed by atoms with van der Waals surface area (Å²) in [5.41, 5.74) is 1.81. The maximum Gasteiger partial charge on any atom is 0.254 e. The van der Waals surface area contributed by atoms with E-state index in [0.717, 1.165) is 12.8 Å². The number of hydrogen-bond acceptors (Lipinski definition) is 5. The molecule has 1 aromatic carbocycles. The van der Waals surface area contributed by atoms with E-state index in [1.165, 1.54) is 31.1 Å². The van der Waals surface area contributed by atoms with Gasteiger partial charge in [-0.05, 0) is 43.9 Å². The number of aryl methyl sites for hydroxylation is 1. The molecule has 1 heterocycles. The first-order valence-electron chi connectivity index (χ1n) is 10.8. The Hall–Kier alpha value is -2.67. The molecule has 0 unspecified atom stereocenters. The van der Waals surface area contributed by atoms with E-state index in [-0.39, 0.29) is 18.4 Å². The number of nitrogens with one attached hydrogen (secondary N) is 1. The molecule has 7 nitrogen and oxygen atoms in total. The van der Waals surface area contributed by atoms with Gasteiger partial charge in [-0.2, -0.15) is 0 Å². The molecule has 0 aliphatic rings. The lowest BCUT2D eigenvalue weighted by atomic mass is 10.0. The molecule has 0 fully saturated rings. The largest absolute Gasteiger partial charge is 0.382 e. The lowest BCUT2D eigenvalue weighted by Crippen LogP contribution is -2.39. The van der Waals surface area contributed by atoms with Crippen LogP contribution < -0.4 is 5.32 Å². The summed E-state index contributed by atoms with van der Waals surface area (Å²) in [5.74, 6) is -0.158. The van der Waals surface area contributed by atoms with Gasteiger partial charge in [-0.1, -0.05) is 43.5 Å². The number of rotatable bonds is 14. The standard InChI is InChI=1S/C23H33N3O4/c1-3-5-6-7-9-19-10-12-20(13-11-19)23(28)26(15-8-16-29-4-2)18-22(27)24-21-14-17-30-25-21/h10-14,17H,3-9,15-16,18H2,1-2H3,(H,24,25,27). The van der Waals surface area contributed by atoms with Crippen LogP contribution in [0.3, 0.4) is 0 Å². The first kappa shape index (κ1) is 23.6. The normalized spacial score (nSPS) is 10.7. The van der Waals surface area contributed by atoms with E-state index in [1.54, 1.807) is 11.0 Å². The quantitative estimate of drug-likeness (QED) is 0.465. The van der Waals surface area contributed by atoms with Gasteiger partial charge >= 0.3 is 0 Å². The Morgan fingerprint density at radius 1 is 1.07 bits per heavy atom. The number of nitrogens with zero attached hydrogens (tertiary/aromatic N) is 2. The maximum absolute atomic E-state index is 13.0. The highest BCUT2D eigenvalue weighted by molar-refractivity contribution is 5.99. The van der Waals surface area contributed by atoms with E-state index in [1.807, 2.05) is 31.2 Å². The minimum absolute atomic E-state index is 0.0589. The topological polar surface area (TPSA) is 84.7 Å². The van der Waals surface area contributed by atoms with E-state index in [2.05, 4.69) is 17.4 Å². The predicted octanol–water partition coefficient (Wildman–Crippen LogP) is 4.30. The molecule has 0 spiro atoms. The molecule has 2 amide bonds. The molecule has 0 aliphatic carbocycles. The van der Waals surface area contributed by atoms with Crippen molar-refractivity contribution in [2.75, 3.05) is 31.6 Å². The summed E-state index contributed by atoms with van der Waals surface area (Å²) in [7, 11) is 0. The Labute approximate surface area is 178 Å². The van der Waals surface area contributed by atoms with Gasteiger partial charge in [-0.3, -0.25) is 9.59 Å². The molecule has 2 rings (SSSR count). The third-order valence-electron chi connectivity index (χ3n) is 4.77. The van der Waals surface area contributed by atoms with Crippen molar-refractivity contribution in [2.45, 2.75) is 52.4 Å². The third-order valence-corrected chi connectivity index (χ3v) is 4.77. The van der Waals surface area contributed by atoms with Gasteiger partial charge in [0.15, 0.2) is 5.82 Å². The van der Waals surface area contributed by atoms with E-state index in [0.29, 0.717) is 37.6 Å². The van der Waals surface area contributed by atoms with Gasteiger partial charge in [0.1, 0.15) is 12.8 Å². The number of anilines is 1. The van der Waals surface area contributed by atoms with Crippen LogP contribution in [0.5, 0.6) is 0 Å². The number of aromatic nitrogens is 1. The van der Waals surface area contributed by atoms with Crippen molar-refractivity contribution in [3.63, 3.8) is 0 Å². The monoisotopic (exact) mass is 415 g/mol. The van der Waals surface area contributed by atoms with Crippen LogP contribution in [0.15, 0.2) is 41.1 Å². The molecule has 0 atom stereocenters. The minimum Gasteiger partial charge on any atom is -0.382 e. The Bertz CT molecular complexity index is 744. The molecule has 0 saturated heterocycles. The Morgan fingerprint density at radius 3 is 2.53 bits per heavy atom. The fourth-order valence-electron chi connectivity index (χ4n) is 3.14. The van der Waals surface area contributed by atoms with Crippen molar-refractivity contribution in [2.24, 2.45) is 0 Å². The number of amides is 2. The highest BCUT2D eigenvalue weighted by Gasteiger charge is 2.19. The van der Waals surface area contributed by atoms with Gasteiger partial charge in [0.05, 0.1) is 0 Å². The molecule has 0 aliphatic heterocycles. The third kappa shape index (κ3) is 8.37. The van der Waals surface area contributed by atoms with Crippen molar-refractivity contribution in [3.8, 4) is 0 Å². The summed E-state index contributed by atoms with van der Waals surface area (Å²) in [6, 6.07) is 9.27. The predicted molar refractivity (Wildman–Crippen MR) is 116 cm³/mol. The van der Waals surface area contributed by atoms with E-state index in [4.69, 9.17) is 9.26 Å². The Kier molecular flexibility index (Phi) is 10.7. The molecule has 2 aromatic rings. The van der Waals surface area contributed by atoms with Crippen LogP contribution in [0, 0.1) is 0 Å². The summed E-state index contributed by atoms with van der Waals surface area (Å²) in [5, 5.41) is 6.30. The van der Waals surface area contributed by atoms with Crippen LogP contribution in [0.2, 0.25) is 0 Å². The summed E-state index contributed by atoms with van der Waals surface area (Å²) in [4.78, 5) is 26.9.